The van der Waals surface area contributed by atoms with E-state index in [4.69, 9.17) is 4.74 Å². The first-order chi connectivity index (χ1) is 13.8. The molecular formula is C23H17N4O. The summed E-state index contributed by atoms with van der Waals surface area (Å²) in [6.07, 6.45) is 2.61. The summed E-state index contributed by atoms with van der Waals surface area (Å²) in [5.74, 6) is 3.09. The number of rotatable bonds is 5. The summed E-state index contributed by atoms with van der Waals surface area (Å²) < 4.78 is 6.04. The molecule has 135 valence electrons. The normalized spacial score (nSPS) is 11.0. The van der Waals surface area contributed by atoms with Crippen molar-refractivity contribution in [3.05, 3.63) is 96.4 Å². The zero-order chi connectivity index (χ0) is 18.8. The Bertz CT molecular complexity index is 1220. The molecule has 2 heterocycles. The minimum absolute atomic E-state index is 0.692. The molecule has 0 aliphatic rings. The summed E-state index contributed by atoms with van der Waals surface area (Å²) in [5, 5.41) is 9.67. The highest BCUT2D eigenvalue weighted by Gasteiger charge is 2.08. The molecule has 0 aliphatic carbocycles. The second kappa shape index (κ2) is 7.04. The number of hydrogen-bond donors (Lipinski definition) is 2. The second-order valence-corrected chi connectivity index (χ2v) is 6.57. The monoisotopic (exact) mass is 365 g/mol. The molecule has 0 saturated carbocycles. The first-order valence-electron chi connectivity index (χ1n) is 9.05. The molecule has 1 radical (unpaired) electrons. The molecule has 0 bridgehead atoms. The first kappa shape index (κ1) is 16.3. The minimum Gasteiger partial charge on any atom is -0.457 e. The van der Waals surface area contributed by atoms with E-state index in [9.17, 15) is 0 Å². The van der Waals surface area contributed by atoms with E-state index in [1.807, 2.05) is 72.9 Å². The maximum atomic E-state index is 6.04. The van der Waals surface area contributed by atoms with Gasteiger partial charge in [0.05, 0.1) is 0 Å². The highest BCUT2D eigenvalue weighted by Crippen LogP contribution is 2.28. The summed E-state index contributed by atoms with van der Waals surface area (Å²) in [4.78, 5) is 6.48. The molecule has 5 aromatic rings. The van der Waals surface area contributed by atoms with E-state index in [1.165, 1.54) is 0 Å². The van der Waals surface area contributed by atoms with Crippen LogP contribution in [0.2, 0.25) is 0 Å². The van der Waals surface area contributed by atoms with E-state index in [0.717, 1.165) is 45.2 Å². The smallest absolute Gasteiger partial charge is 0.161 e. The molecule has 28 heavy (non-hydrogen) atoms. The van der Waals surface area contributed by atoms with Crippen molar-refractivity contribution in [3.8, 4) is 22.9 Å². The van der Waals surface area contributed by atoms with Crippen LogP contribution in [0.4, 0.5) is 0 Å². The van der Waals surface area contributed by atoms with Gasteiger partial charge in [0, 0.05) is 29.1 Å². The van der Waals surface area contributed by atoms with E-state index >= 15 is 0 Å². The van der Waals surface area contributed by atoms with Crippen LogP contribution in [0, 0.1) is 6.07 Å². The molecule has 3 aromatic carbocycles. The largest absolute Gasteiger partial charge is 0.457 e. The van der Waals surface area contributed by atoms with Crippen LogP contribution in [0.3, 0.4) is 0 Å². The van der Waals surface area contributed by atoms with E-state index in [1.54, 1.807) is 0 Å². The van der Waals surface area contributed by atoms with Gasteiger partial charge in [-0.15, -0.1) is 10.2 Å². The van der Waals surface area contributed by atoms with Gasteiger partial charge in [0.2, 0.25) is 0 Å². The number of aromatic nitrogens is 4. The summed E-state index contributed by atoms with van der Waals surface area (Å²) in [7, 11) is 0. The number of aromatic amines is 2. The quantitative estimate of drug-likeness (QED) is 0.453. The Kier molecular flexibility index (Phi) is 4.10. The predicted octanol–water partition coefficient (Wildman–Crippen LogP) is 5.14. The topological polar surface area (TPSA) is 66.6 Å². The van der Waals surface area contributed by atoms with Crippen molar-refractivity contribution in [2.45, 2.75) is 6.42 Å². The molecule has 5 heteroatoms. The third-order valence-corrected chi connectivity index (χ3v) is 4.54. The molecular weight excluding hydrogens is 348 g/mol. The van der Waals surface area contributed by atoms with E-state index in [2.05, 4.69) is 32.3 Å². The minimum atomic E-state index is 0.692. The highest BCUT2D eigenvalue weighted by atomic mass is 16.5. The Hall–Kier alpha value is -3.86. The molecule has 0 fully saturated rings. The molecule has 0 aliphatic heterocycles. The fraction of sp³-hybridized carbons (Fsp3) is 0.0435. The maximum Gasteiger partial charge on any atom is 0.161 e. The van der Waals surface area contributed by atoms with Crippen molar-refractivity contribution >= 4 is 10.9 Å². The summed E-state index contributed by atoms with van der Waals surface area (Å²) >= 11 is 0. The van der Waals surface area contributed by atoms with Crippen molar-refractivity contribution in [3.63, 3.8) is 0 Å². The number of hydrogen-bond acceptors (Lipinski definition) is 3. The fourth-order valence-corrected chi connectivity index (χ4v) is 3.18. The number of benzene rings is 3. The lowest BCUT2D eigenvalue weighted by Crippen LogP contribution is -1.90. The molecule has 0 unspecified atom stereocenters. The zero-order valence-electron chi connectivity index (χ0n) is 15.0. The molecule has 0 atom stereocenters. The second-order valence-electron chi connectivity index (χ2n) is 6.57. The van der Waals surface area contributed by atoms with Crippen molar-refractivity contribution in [2.24, 2.45) is 0 Å². The van der Waals surface area contributed by atoms with Crippen molar-refractivity contribution in [1.82, 2.24) is 20.2 Å². The van der Waals surface area contributed by atoms with Gasteiger partial charge in [-0.2, -0.15) is 0 Å². The molecule has 0 saturated heterocycles. The Morgan fingerprint density at radius 3 is 2.82 bits per heavy atom. The SMILES string of the molecule is [c]1cccc(Cc2nnc(-c3cccc(Oc4ccc5[nH]ccc5c4)c3)[nH]2)c1. The Morgan fingerprint density at radius 2 is 1.89 bits per heavy atom. The third-order valence-electron chi connectivity index (χ3n) is 4.54. The van der Waals surface area contributed by atoms with Gasteiger partial charge in [0.1, 0.15) is 17.3 Å². The van der Waals surface area contributed by atoms with Crippen LogP contribution in [0.25, 0.3) is 22.3 Å². The maximum absolute atomic E-state index is 6.04. The lowest BCUT2D eigenvalue weighted by Gasteiger charge is -2.07. The Morgan fingerprint density at radius 1 is 0.929 bits per heavy atom. The van der Waals surface area contributed by atoms with Gasteiger partial charge in [0.15, 0.2) is 5.82 Å². The van der Waals surface area contributed by atoms with Gasteiger partial charge in [-0.1, -0.05) is 36.4 Å². The average Bonchev–Trinajstić information content (AvgIpc) is 3.38. The van der Waals surface area contributed by atoms with Gasteiger partial charge in [-0.25, -0.2) is 0 Å². The third kappa shape index (κ3) is 3.38. The van der Waals surface area contributed by atoms with Crippen LogP contribution in [0.5, 0.6) is 11.5 Å². The van der Waals surface area contributed by atoms with Crippen LogP contribution in [0.1, 0.15) is 11.4 Å². The van der Waals surface area contributed by atoms with E-state index in [0.29, 0.717) is 6.42 Å². The molecule has 2 aromatic heterocycles. The van der Waals surface area contributed by atoms with Crippen LogP contribution in [0.15, 0.2) is 79.0 Å². The van der Waals surface area contributed by atoms with Crippen molar-refractivity contribution in [2.75, 3.05) is 0 Å². The van der Waals surface area contributed by atoms with Crippen LogP contribution in [-0.2, 0) is 6.42 Å². The lowest BCUT2D eigenvalue weighted by atomic mass is 10.1. The Balaban J connectivity index is 1.36. The van der Waals surface area contributed by atoms with E-state index in [-0.39, 0.29) is 0 Å². The zero-order valence-corrected chi connectivity index (χ0v) is 15.0. The lowest BCUT2D eigenvalue weighted by molar-refractivity contribution is 0.483. The van der Waals surface area contributed by atoms with Crippen molar-refractivity contribution in [1.29, 1.82) is 0 Å². The Labute approximate surface area is 162 Å². The molecule has 5 rings (SSSR count). The summed E-state index contributed by atoms with van der Waals surface area (Å²) in [6, 6.07) is 26.8. The number of H-pyrrole nitrogens is 2. The highest BCUT2D eigenvalue weighted by molar-refractivity contribution is 5.80. The molecule has 0 spiro atoms. The van der Waals surface area contributed by atoms with Crippen LogP contribution >= 0.6 is 0 Å². The van der Waals surface area contributed by atoms with Crippen LogP contribution < -0.4 is 4.74 Å². The molecule has 2 N–H and O–H groups in total. The number of fused-ring (bicyclic) bond motifs is 1. The molecule has 5 nitrogen and oxygen atoms in total. The van der Waals surface area contributed by atoms with Gasteiger partial charge in [0.25, 0.3) is 0 Å². The van der Waals surface area contributed by atoms with Gasteiger partial charge in [-0.05, 0) is 48.0 Å². The first-order valence-corrected chi connectivity index (χ1v) is 9.05. The summed E-state index contributed by atoms with van der Waals surface area (Å²) in [6.45, 7) is 0. The van der Waals surface area contributed by atoms with E-state index < -0.39 is 0 Å². The van der Waals surface area contributed by atoms with Crippen molar-refractivity contribution < 1.29 is 4.74 Å². The van der Waals surface area contributed by atoms with Gasteiger partial charge < -0.3 is 14.7 Å². The number of nitrogens with zero attached hydrogens (tertiary/aromatic N) is 2. The van der Waals surface area contributed by atoms with Gasteiger partial charge >= 0.3 is 0 Å². The fourth-order valence-electron chi connectivity index (χ4n) is 3.18. The number of ether oxygens (including phenoxy) is 1. The summed E-state index contributed by atoms with van der Waals surface area (Å²) in [5.41, 5.74) is 3.16. The average molecular weight is 365 g/mol. The number of nitrogens with one attached hydrogen (secondary N) is 2. The standard InChI is InChI=1S/C23H17N4O/c1-2-5-16(6-3-1)13-22-25-23(27-26-22)18-7-4-8-19(15-18)28-20-9-10-21-17(14-20)11-12-24-21/h1-2,4-12,14-15,24H,13H2,(H,25,26,27). The van der Waals surface area contributed by atoms with Gasteiger partial charge in [-0.3, -0.25) is 0 Å². The predicted molar refractivity (Wildman–Crippen MR) is 108 cm³/mol. The molecule has 0 amide bonds. The van der Waals surface area contributed by atoms with Crippen LogP contribution in [-0.4, -0.2) is 20.2 Å².